The average Bonchev–Trinajstić information content (AvgIpc) is 0.708. The number of unbranched alkanes of at least 4 members (excludes halogenated alkanes) is 23. The molecule has 49 heteroatoms. The number of ether oxygens (including phenoxy) is 16. The van der Waals surface area contributed by atoms with E-state index < -0.39 is 346 Å². The van der Waals surface area contributed by atoms with Crippen LogP contribution in [0.15, 0.2) is 12.2 Å². The number of rotatable bonds is 59. The number of carboxylic acids is 1. The Balaban J connectivity index is 1.01. The fraction of sp³-hybridized carbons (Fsp3) is 0.923. The molecule has 8 aliphatic heterocycles. The van der Waals surface area contributed by atoms with Gasteiger partial charge in [0.25, 0.3) is 5.79 Å². The first-order chi connectivity index (χ1) is 66.8. The van der Waals surface area contributed by atoms with Crippen LogP contribution < -0.4 is 21.3 Å². The summed E-state index contributed by atoms with van der Waals surface area (Å²) in [6, 6.07) is -7.01. The van der Waals surface area contributed by atoms with Crippen molar-refractivity contribution in [1.29, 1.82) is 0 Å². The monoisotopic (exact) mass is 2030 g/mol. The molecule has 814 valence electrons. The molecule has 0 aromatic heterocycles. The van der Waals surface area contributed by atoms with Gasteiger partial charge < -0.3 is 220 Å². The standard InChI is InChI=1S/C91H160N4O45/c1-7-9-11-13-15-17-19-21-23-25-27-29-31-33-49(106)48(95-58(109)34-32-30-28-26-24-22-20-18-16-14-12-10-8-2)43-125-85-72(120)70(118)76(57(42-102)132-85)133-87-73(121)79(65(113)53(38-98)128-87)136-83-60(93-46(5)104)68(116)75(56(41-101)131-83)134-89-82(138-86-71(119)69(117)62(110)44(3)126-86)81(67(115)55(40-100)130-89)137-84-61(94-47(6)105)77(64(112)52(37-97)127-84)135-88-74(122)80(66(114)54(39-99)129-88)140-91(90(123)124)35-50(107)59(92-45(4)103)78(139-91)63(111)51(108)36-96/h31,33,44,48-57,59-89,96-102,106-108,110-122H,7-30,32,34-43H2,1-6H3,(H,92,103)(H,93,104)(H,94,105)(H,95,109)(H,123,124)/b33-31+/t44?,48-,49+,50?,51+,52?,53?,54?,55?,56?,57?,59+,60?,61?,62+,63+,64-,65-,66-,67-,68+,69?,70+,71-,72?,73?,74?,75+,76+,77+,78?,79-,80-,81-,82?,83-,84+,85+,86+,87-,88-,89-,91-/m0/s1. The maximum Gasteiger partial charge on any atom is 0.364 e. The molecule has 0 aromatic rings. The average molecular weight is 2030 g/mol. The molecule has 0 saturated carbocycles. The SMILES string of the molecule is CCCCCCCCCCCCC/C=C/[C@@H](O)[C@H](CO[C@@H]1OC(CO)[C@@H](O[C@@H]2OC(CO)[C@H](O)[C@H](O[C@@H]3OC(CO)[C@@H](O[C@@H]4OC(CO)[C@H](O)[C@H](O[C@H]5OC(CO)[C@H](O)[C@H](O[C@@H]6OC(CO)[C@H](O)[C@H](O[C@]7(C(=O)O)CC(O)[C@@H](NC(C)=O)C([C@H](O)[C@H](O)CO)O7)C6O)C5NC(C)=O)C4O[C@H]4OC(C)[C@@H](O)C(O)[C@@H]4O)[C@H](O)C3NC(C)=O)C2O)[C@H](O)C1O)NC(=O)CCCCCCCCCCCCCCC. The van der Waals surface area contributed by atoms with E-state index in [1.807, 2.05) is 6.08 Å². The molecule has 8 heterocycles. The Morgan fingerprint density at radius 3 is 1.28 bits per heavy atom. The maximum absolute atomic E-state index is 13.6. The van der Waals surface area contributed by atoms with Crippen LogP contribution in [-0.4, -0.2) is 468 Å². The molecule has 8 rings (SSSR count). The van der Waals surface area contributed by atoms with Crippen molar-refractivity contribution in [3.63, 3.8) is 0 Å². The van der Waals surface area contributed by atoms with Crippen LogP contribution in [0.4, 0.5) is 0 Å². The van der Waals surface area contributed by atoms with Gasteiger partial charge in [-0.3, -0.25) is 19.2 Å². The van der Waals surface area contributed by atoms with Gasteiger partial charge in [-0.05, 0) is 26.2 Å². The highest BCUT2D eigenvalue weighted by molar-refractivity contribution is 5.77. The minimum absolute atomic E-state index is 0.134. The molecule has 0 radical (unpaired) electrons. The third kappa shape index (κ3) is 33.3. The van der Waals surface area contributed by atoms with Gasteiger partial charge in [0, 0.05) is 33.6 Å². The van der Waals surface area contributed by atoms with Crippen molar-refractivity contribution in [2.75, 3.05) is 52.9 Å². The van der Waals surface area contributed by atoms with E-state index in [-0.39, 0.29) is 12.3 Å². The summed E-state index contributed by atoms with van der Waals surface area (Å²) >= 11 is 0. The number of carbonyl (C=O) groups excluding carboxylic acids is 4. The van der Waals surface area contributed by atoms with Gasteiger partial charge in [-0.2, -0.15) is 0 Å². The van der Waals surface area contributed by atoms with E-state index in [1.54, 1.807) is 6.08 Å². The quantitative estimate of drug-likeness (QED) is 0.0199. The Labute approximate surface area is 813 Å². The van der Waals surface area contributed by atoms with E-state index in [0.717, 1.165) is 78.6 Å². The smallest absolute Gasteiger partial charge is 0.364 e. The predicted octanol–water partition coefficient (Wildman–Crippen LogP) is -7.18. The zero-order valence-corrected chi connectivity index (χ0v) is 80.5. The lowest BCUT2D eigenvalue weighted by atomic mass is 9.88. The van der Waals surface area contributed by atoms with E-state index in [0.29, 0.717) is 12.8 Å². The van der Waals surface area contributed by atoms with E-state index in [1.165, 1.54) is 96.8 Å². The van der Waals surface area contributed by atoms with Crippen LogP contribution in [0.25, 0.3) is 0 Å². The van der Waals surface area contributed by atoms with Gasteiger partial charge in [-0.25, -0.2) is 4.79 Å². The molecule has 0 spiro atoms. The normalized spacial score (nSPS) is 39.2. The van der Waals surface area contributed by atoms with Gasteiger partial charge in [-0.15, -0.1) is 0 Å². The van der Waals surface area contributed by atoms with Crippen LogP contribution in [0.2, 0.25) is 0 Å². The molecular weight excluding hydrogens is 1870 g/mol. The Bertz CT molecular complexity index is 3590. The van der Waals surface area contributed by atoms with Crippen LogP contribution >= 0.6 is 0 Å². The van der Waals surface area contributed by atoms with Gasteiger partial charge in [0.1, 0.15) is 183 Å². The summed E-state index contributed by atoms with van der Waals surface area (Å²) in [6.45, 7) is -0.354. The summed E-state index contributed by atoms with van der Waals surface area (Å²) in [6.07, 6.45) is -51.0. The minimum Gasteiger partial charge on any atom is -0.477 e. The van der Waals surface area contributed by atoms with Gasteiger partial charge >= 0.3 is 5.97 Å². The third-order valence-electron chi connectivity index (χ3n) is 26.8. The zero-order valence-electron chi connectivity index (χ0n) is 80.5. The molecule has 0 aliphatic carbocycles. The second-order valence-electron chi connectivity index (χ2n) is 37.7. The molecule has 8 aliphatic rings. The molecule has 0 bridgehead atoms. The summed E-state index contributed by atoms with van der Waals surface area (Å²) < 4.78 is 96.9. The molecular formula is C91H160N4O45. The van der Waals surface area contributed by atoms with Crippen LogP contribution in [0, 0.1) is 0 Å². The van der Waals surface area contributed by atoms with Crippen LogP contribution in [0.5, 0.6) is 0 Å². The van der Waals surface area contributed by atoms with Crippen molar-refractivity contribution in [3.8, 4) is 0 Å². The van der Waals surface area contributed by atoms with Crippen molar-refractivity contribution in [1.82, 2.24) is 21.3 Å². The lowest BCUT2D eigenvalue weighted by Crippen LogP contribution is -2.72. The van der Waals surface area contributed by atoms with Crippen molar-refractivity contribution < 1.29 is 222 Å². The van der Waals surface area contributed by atoms with Crippen molar-refractivity contribution in [3.05, 3.63) is 12.2 Å². The molecule has 8 saturated heterocycles. The number of hydrogen-bond donors (Lipinski definition) is 28. The summed E-state index contributed by atoms with van der Waals surface area (Å²) in [7, 11) is 0. The van der Waals surface area contributed by atoms with Gasteiger partial charge in [-0.1, -0.05) is 167 Å². The number of allylic oxidation sites excluding steroid dienone is 1. The Morgan fingerprint density at radius 1 is 0.386 bits per heavy atom. The largest absolute Gasteiger partial charge is 0.477 e. The molecule has 16 unspecified atom stereocenters. The van der Waals surface area contributed by atoms with Crippen LogP contribution in [-0.2, 0) is 99.8 Å². The van der Waals surface area contributed by atoms with Gasteiger partial charge in [0.05, 0.1) is 83.3 Å². The molecule has 0 aromatic carbocycles. The highest BCUT2D eigenvalue weighted by Gasteiger charge is 2.64. The molecule has 28 N–H and O–H groups in total. The summed E-state index contributed by atoms with van der Waals surface area (Å²) in [5.74, 6) is -8.76. The van der Waals surface area contributed by atoms with E-state index in [4.69, 9.17) is 75.8 Å². The summed E-state index contributed by atoms with van der Waals surface area (Å²) in [5, 5.41) is 283. The Kier molecular flexibility index (Phi) is 52.0. The van der Waals surface area contributed by atoms with Gasteiger partial charge in [0.2, 0.25) is 23.6 Å². The number of carboxylic acid groups (broad SMARTS) is 1. The highest BCUT2D eigenvalue weighted by atomic mass is 16.8. The lowest BCUT2D eigenvalue weighted by molar-refractivity contribution is -0.406. The number of aliphatic carboxylic acids is 1. The van der Waals surface area contributed by atoms with Crippen molar-refractivity contribution >= 4 is 29.6 Å². The number of hydrogen-bond acceptors (Lipinski definition) is 44. The second-order valence-corrected chi connectivity index (χ2v) is 37.7. The van der Waals surface area contributed by atoms with E-state index in [2.05, 4.69) is 35.1 Å². The van der Waals surface area contributed by atoms with Gasteiger partial charge in [0.15, 0.2) is 44.0 Å². The number of amides is 4. The fourth-order valence-electron chi connectivity index (χ4n) is 18.7. The van der Waals surface area contributed by atoms with Crippen LogP contribution in [0.1, 0.15) is 215 Å². The van der Waals surface area contributed by atoms with E-state index in [9.17, 15) is 147 Å². The van der Waals surface area contributed by atoms with Crippen molar-refractivity contribution in [2.45, 2.75) is 478 Å². The molecule has 140 heavy (non-hydrogen) atoms. The van der Waals surface area contributed by atoms with Crippen molar-refractivity contribution in [2.24, 2.45) is 0 Å². The fourth-order valence-corrected chi connectivity index (χ4v) is 18.7. The second kappa shape index (κ2) is 60.3. The number of nitrogens with one attached hydrogen (secondary N) is 4. The number of carbonyl (C=O) groups is 5. The topological polar surface area (TPSA) is 767 Å². The first kappa shape index (κ1) is 121. The molecule has 49 nitrogen and oxygen atoms in total. The molecule has 43 atom stereocenters. The summed E-state index contributed by atoms with van der Waals surface area (Å²) in [5.41, 5.74) is 0. The van der Waals surface area contributed by atoms with E-state index >= 15 is 0 Å². The molecule has 4 amide bonds. The zero-order chi connectivity index (χ0) is 103. The number of aliphatic hydroxyl groups excluding tert-OH is 23. The number of aliphatic hydroxyl groups is 23. The first-order valence-electron chi connectivity index (χ1n) is 49.5. The maximum atomic E-state index is 13.6. The third-order valence-corrected chi connectivity index (χ3v) is 26.8. The minimum atomic E-state index is -3.32. The predicted molar refractivity (Wildman–Crippen MR) is 477 cm³/mol. The highest BCUT2D eigenvalue weighted by Crippen LogP contribution is 2.43. The summed E-state index contributed by atoms with van der Waals surface area (Å²) in [4.78, 5) is 66.2. The van der Waals surface area contributed by atoms with Crippen LogP contribution in [0.3, 0.4) is 0 Å². The first-order valence-corrected chi connectivity index (χ1v) is 49.5. The Morgan fingerprint density at radius 2 is 0.771 bits per heavy atom. The Hall–Kier alpha value is -4.47. The lowest BCUT2D eigenvalue weighted by Gasteiger charge is -2.52. The molecule has 8 fully saturated rings.